The molecule has 0 aromatic rings. The van der Waals surface area contributed by atoms with E-state index in [4.69, 9.17) is 0 Å². The van der Waals surface area contributed by atoms with Crippen molar-refractivity contribution in [2.24, 2.45) is 5.41 Å². The molecule has 0 bridgehead atoms. The zero-order valence-electron chi connectivity index (χ0n) is 9.19. The number of hydrogen-bond donors (Lipinski definition) is 0. The van der Waals surface area contributed by atoms with Crippen molar-refractivity contribution in [3.8, 4) is 12.8 Å². The van der Waals surface area contributed by atoms with E-state index in [1.54, 1.807) is 0 Å². The third-order valence-corrected chi connectivity index (χ3v) is 2.13. The highest BCUT2D eigenvalue weighted by Crippen LogP contribution is 2.28. The Balaban J connectivity index is 0. The fourth-order valence-corrected chi connectivity index (χ4v) is 1.46. The van der Waals surface area contributed by atoms with Gasteiger partial charge in [0.25, 0.3) is 0 Å². The highest BCUT2D eigenvalue weighted by atomic mass is 14.2. The van der Waals surface area contributed by atoms with Gasteiger partial charge in [-0.2, -0.15) is 0 Å². The van der Waals surface area contributed by atoms with Gasteiger partial charge in [-0.3, -0.25) is 0 Å². The molecule has 0 heteroatoms. The summed E-state index contributed by atoms with van der Waals surface area (Å²) in [4.78, 5) is 0. The van der Waals surface area contributed by atoms with Gasteiger partial charge in [0.15, 0.2) is 0 Å². The van der Waals surface area contributed by atoms with Gasteiger partial charge in [0.1, 0.15) is 0 Å². The molecular formula is C12H24. The highest BCUT2D eigenvalue weighted by molar-refractivity contribution is 4.66. The highest BCUT2D eigenvalue weighted by Gasteiger charge is 2.14. The second-order valence-electron chi connectivity index (χ2n) is 4.02. The molecule has 0 spiro atoms. The van der Waals surface area contributed by atoms with Crippen LogP contribution in [0, 0.1) is 18.3 Å². The third-order valence-electron chi connectivity index (χ3n) is 2.13. The molecule has 0 saturated carbocycles. The Labute approximate surface area is 78.8 Å². The Bertz CT molecular complexity index is 97.9. The number of terminal acetylenes is 1. The molecule has 0 aromatic carbocycles. The van der Waals surface area contributed by atoms with Crippen molar-refractivity contribution in [3.63, 3.8) is 0 Å². The summed E-state index contributed by atoms with van der Waals surface area (Å²) in [6.07, 6.45) is 14.8. The Morgan fingerprint density at radius 1 is 0.917 bits per heavy atom. The summed E-state index contributed by atoms with van der Waals surface area (Å²) in [7, 11) is 0. The normalized spacial score (nSPS) is 10.2. The fraction of sp³-hybridized carbons (Fsp3) is 0.833. The third kappa shape index (κ3) is 9.56. The van der Waals surface area contributed by atoms with E-state index in [2.05, 4.69) is 40.5 Å². The van der Waals surface area contributed by atoms with Crippen molar-refractivity contribution in [2.45, 2.75) is 59.8 Å². The first-order chi connectivity index (χ1) is 5.62. The zero-order chi connectivity index (χ0) is 10.0. The van der Waals surface area contributed by atoms with Crippen LogP contribution >= 0.6 is 0 Å². The van der Waals surface area contributed by atoms with E-state index in [0.29, 0.717) is 5.41 Å². The van der Waals surface area contributed by atoms with Crippen molar-refractivity contribution in [1.29, 1.82) is 0 Å². The molecule has 0 fully saturated rings. The Morgan fingerprint density at radius 3 is 1.75 bits per heavy atom. The average molecular weight is 168 g/mol. The summed E-state index contributed by atoms with van der Waals surface area (Å²) < 4.78 is 0. The maximum absolute atomic E-state index is 4.00. The maximum Gasteiger partial charge on any atom is -0.0354 e. The Morgan fingerprint density at radius 2 is 1.42 bits per heavy atom. The Kier molecular flexibility index (Phi) is 10.2. The van der Waals surface area contributed by atoms with E-state index in [-0.39, 0.29) is 0 Å². The van der Waals surface area contributed by atoms with Crippen LogP contribution in [0.3, 0.4) is 0 Å². The monoisotopic (exact) mass is 168 g/mol. The van der Waals surface area contributed by atoms with Crippen molar-refractivity contribution >= 4 is 0 Å². The van der Waals surface area contributed by atoms with Crippen LogP contribution in [0.2, 0.25) is 0 Å². The predicted molar refractivity (Wildman–Crippen MR) is 58.1 cm³/mol. The van der Waals surface area contributed by atoms with Gasteiger partial charge >= 0.3 is 0 Å². The standard InChI is InChI=1S/C10H22.C2H2/c1-5-7-9-10(3,4)8-6-2;1-2/h5-9H2,1-4H3;1-2H. The number of rotatable bonds is 5. The first kappa shape index (κ1) is 14.1. The van der Waals surface area contributed by atoms with Gasteiger partial charge in [-0.1, -0.05) is 47.0 Å². The van der Waals surface area contributed by atoms with Crippen molar-refractivity contribution in [2.75, 3.05) is 0 Å². The molecule has 0 nitrogen and oxygen atoms in total. The number of hydrogen-bond acceptors (Lipinski definition) is 0. The summed E-state index contributed by atoms with van der Waals surface area (Å²) in [5.41, 5.74) is 0.602. The van der Waals surface area contributed by atoms with Crippen molar-refractivity contribution in [1.82, 2.24) is 0 Å². The molecule has 0 radical (unpaired) electrons. The predicted octanol–water partition coefficient (Wildman–Crippen LogP) is 4.25. The number of unbranched alkanes of at least 4 members (excludes halogenated alkanes) is 1. The molecule has 12 heavy (non-hydrogen) atoms. The molecule has 0 saturated heterocycles. The van der Waals surface area contributed by atoms with Gasteiger partial charge < -0.3 is 0 Å². The molecular weight excluding hydrogens is 144 g/mol. The molecule has 0 heterocycles. The topological polar surface area (TPSA) is 0 Å². The lowest BCUT2D eigenvalue weighted by atomic mass is 9.83. The van der Waals surface area contributed by atoms with Gasteiger partial charge in [0.05, 0.1) is 0 Å². The van der Waals surface area contributed by atoms with Crippen LogP contribution in [0.15, 0.2) is 0 Å². The minimum Gasteiger partial charge on any atom is -0.124 e. The molecule has 0 aromatic heterocycles. The van der Waals surface area contributed by atoms with E-state index in [9.17, 15) is 0 Å². The summed E-state index contributed by atoms with van der Waals surface area (Å²) in [5, 5.41) is 0. The van der Waals surface area contributed by atoms with E-state index in [0.717, 1.165) is 0 Å². The lowest BCUT2D eigenvalue weighted by molar-refractivity contribution is 0.295. The largest absolute Gasteiger partial charge is 0.124 e. The minimum atomic E-state index is 0.602. The first-order valence-corrected chi connectivity index (χ1v) is 4.95. The van der Waals surface area contributed by atoms with Crippen molar-refractivity contribution in [3.05, 3.63) is 0 Å². The molecule has 0 unspecified atom stereocenters. The molecule has 72 valence electrons. The minimum absolute atomic E-state index is 0.602. The van der Waals surface area contributed by atoms with Gasteiger partial charge in [0, 0.05) is 0 Å². The molecule has 0 atom stereocenters. The summed E-state index contributed by atoms with van der Waals surface area (Å²) in [6.45, 7) is 9.30. The molecule has 0 N–H and O–H groups in total. The fourth-order valence-electron chi connectivity index (χ4n) is 1.46. The molecule has 0 aliphatic rings. The maximum atomic E-state index is 4.00. The van der Waals surface area contributed by atoms with E-state index in [1.165, 1.54) is 32.1 Å². The Hall–Kier alpha value is -0.440. The van der Waals surface area contributed by atoms with Crippen LogP contribution in [-0.2, 0) is 0 Å². The molecule has 0 amide bonds. The van der Waals surface area contributed by atoms with Gasteiger partial charge in [-0.05, 0) is 18.3 Å². The molecule has 0 rings (SSSR count). The van der Waals surface area contributed by atoms with Gasteiger partial charge in [0.2, 0.25) is 0 Å². The summed E-state index contributed by atoms with van der Waals surface area (Å²) in [5.74, 6) is 0. The second-order valence-corrected chi connectivity index (χ2v) is 4.02. The van der Waals surface area contributed by atoms with Gasteiger partial charge in [-0.25, -0.2) is 0 Å². The lowest BCUT2D eigenvalue weighted by Gasteiger charge is -2.23. The first-order valence-electron chi connectivity index (χ1n) is 4.95. The van der Waals surface area contributed by atoms with E-state index in [1.807, 2.05) is 0 Å². The van der Waals surface area contributed by atoms with Crippen LogP contribution in [0.25, 0.3) is 0 Å². The zero-order valence-corrected chi connectivity index (χ0v) is 9.19. The summed E-state index contributed by atoms with van der Waals surface area (Å²) in [6, 6.07) is 0. The van der Waals surface area contributed by atoms with E-state index < -0.39 is 0 Å². The van der Waals surface area contributed by atoms with Crippen LogP contribution in [-0.4, -0.2) is 0 Å². The van der Waals surface area contributed by atoms with Crippen LogP contribution in [0.5, 0.6) is 0 Å². The SMILES string of the molecule is C#C.CCCCC(C)(C)CCC. The van der Waals surface area contributed by atoms with E-state index >= 15 is 0 Å². The lowest BCUT2D eigenvalue weighted by Crippen LogP contribution is -2.09. The van der Waals surface area contributed by atoms with Crippen LogP contribution in [0.4, 0.5) is 0 Å². The van der Waals surface area contributed by atoms with Crippen molar-refractivity contribution < 1.29 is 0 Å². The van der Waals surface area contributed by atoms with Crippen LogP contribution in [0.1, 0.15) is 59.8 Å². The van der Waals surface area contributed by atoms with Gasteiger partial charge in [-0.15, -0.1) is 12.8 Å². The molecule has 0 aliphatic carbocycles. The molecule has 0 aliphatic heterocycles. The summed E-state index contributed by atoms with van der Waals surface area (Å²) >= 11 is 0. The quantitative estimate of drug-likeness (QED) is 0.538. The second kappa shape index (κ2) is 8.65. The van der Waals surface area contributed by atoms with Crippen LogP contribution < -0.4 is 0 Å². The average Bonchev–Trinajstić information content (AvgIpc) is 2.05. The smallest absolute Gasteiger partial charge is 0.0354 e.